The van der Waals surface area contributed by atoms with E-state index in [1.807, 2.05) is 0 Å². The summed E-state index contributed by atoms with van der Waals surface area (Å²) >= 11 is 0. The molecule has 0 unspecified atom stereocenters. The number of para-hydroxylation sites is 4. The Kier molecular flexibility index (Phi) is 6.33. The van der Waals surface area contributed by atoms with E-state index in [-0.39, 0.29) is 0 Å². The molecule has 3 heteroatoms. The summed E-state index contributed by atoms with van der Waals surface area (Å²) in [7, 11) is 0. The van der Waals surface area contributed by atoms with Gasteiger partial charge in [0, 0.05) is 41.9 Å². The summed E-state index contributed by atoms with van der Waals surface area (Å²) in [5.74, 6) is 3.97. The first-order valence-electron chi connectivity index (χ1n) is 18.5. The highest BCUT2D eigenvalue weighted by atomic mass is 16.5. The predicted octanol–water partition coefficient (Wildman–Crippen LogP) is 11.4. The minimum Gasteiger partial charge on any atom is -0.457 e. The minimum absolute atomic E-state index is 0.392. The van der Waals surface area contributed by atoms with Crippen molar-refractivity contribution in [3.63, 3.8) is 0 Å². The van der Waals surface area contributed by atoms with Crippen molar-refractivity contribution in [2.45, 2.75) is 36.8 Å². The standard InChI is InChI=1S/C49H37NO2/c1-32(33-15-3-2-4-16-33)29-50-30-34-17-13-23-40-46(34)47-35(31-50)18-14-24-41(47)49(38-21-7-11-27-44(38)52-45-28-12-8-22-39(45)49)48(40)36-19-5-9-25-42(36)51-43-26-10-6-20-37(43)48/h2-28,32H,29-31H2,1H3/t32-/m0/s1. The highest BCUT2D eigenvalue weighted by Crippen LogP contribution is 2.72. The second kappa shape index (κ2) is 11.0. The first-order valence-corrected chi connectivity index (χ1v) is 18.5. The molecule has 0 N–H and O–H groups in total. The Morgan fingerprint density at radius 3 is 1.23 bits per heavy atom. The molecule has 3 aliphatic heterocycles. The SMILES string of the molecule is C[C@@H](CN1Cc2cccc3c2-c2c(cccc2C2(c4ccccc4Oc4ccccc42)C32c3ccccc3Oc3ccccc32)C1)c1ccccc1. The predicted molar refractivity (Wildman–Crippen MR) is 207 cm³/mol. The van der Waals surface area contributed by atoms with E-state index >= 15 is 0 Å². The molecule has 0 saturated carbocycles. The quantitative estimate of drug-likeness (QED) is 0.187. The number of fused-ring (bicyclic) bond motifs is 11. The largest absolute Gasteiger partial charge is 0.457 e. The van der Waals surface area contributed by atoms with Crippen molar-refractivity contribution in [1.29, 1.82) is 0 Å². The molecule has 52 heavy (non-hydrogen) atoms. The molecule has 3 heterocycles. The Labute approximate surface area is 304 Å². The van der Waals surface area contributed by atoms with E-state index in [0.717, 1.165) is 42.6 Å². The molecule has 7 aromatic carbocycles. The molecule has 0 saturated heterocycles. The van der Waals surface area contributed by atoms with Crippen molar-refractivity contribution in [2.75, 3.05) is 6.54 Å². The molecule has 11 rings (SSSR count). The van der Waals surface area contributed by atoms with Gasteiger partial charge in [-0.2, -0.15) is 0 Å². The van der Waals surface area contributed by atoms with Gasteiger partial charge in [-0.1, -0.05) is 146 Å². The van der Waals surface area contributed by atoms with Gasteiger partial charge in [0.2, 0.25) is 0 Å². The maximum Gasteiger partial charge on any atom is 0.131 e. The van der Waals surface area contributed by atoms with Gasteiger partial charge in [0.1, 0.15) is 23.0 Å². The molecule has 1 atom stereocenters. The van der Waals surface area contributed by atoms with Crippen molar-refractivity contribution in [3.8, 4) is 34.1 Å². The smallest absolute Gasteiger partial charge is 0.131 e. The zero-order valence-electron chi connectivity index (χ0n) is 29.1. The Bertz CT molecular complexity index is 2310. The van der Waals surface area contributed by atoms with Crippen LogP contribution in [0.15, 0.2) is 164 Å². The maximum absolute atomic E-state index is 6.87. The third-order valence-electron chi connectivity index (χ3n) is 12.2. The van der Waals surface area contributed by atoms with Crippen molar-refractivity contribution in [2.24, 2.45) is 0 Å². The second-order valence-electron chi connectivity index (χ2n) is 14.8. The van der Waals surface area contributed by atoms with Gasteiger partial charge in [0.25, 0.3) is 0 Å². The third-order valence-corrected chi connectivity index (χ3v) is 12.2. The average Bonchev–Trinajstić information content (AvgIpc) is 3.35. The molecule has 0 fully saturated rings. The summed E-state index contributed by atoms with van der Waals surface area (Å²) in [6, 6.07) is 60.2. The lowest BCUT2D eigenvalue weighted by Crippen LogP contribution is -2.57. The van der Waals surface area contributed by atoms with Gasteiger partial charge in [-0.05, 0) is 69.1 Å². The van der Waals surface area contributed by atoms with E-state index < -0.39 is 10.8 Å². The fourth-order valence-electron chi connectivity index (χ4n) is 10.4. The average molecular weight is 672 g/mol. The van der Waals surface area contributed by atoms with E-state index in [4.69, 9.17) is 9.47 Å². The Hall–Kier alpha value is -5.90. The van der Waals surface area contributed by atoms with E-state index in [0.29, 0.717) is 5.92 Å². The monoisotopic (exact) mass is 671 g/mol. The van der Waals surface area contributed by atoms with Crippen LogP contribution in [0.25, 0.3) is 11.1 Å². The van der Waals surface area contributed by atoms with E-state index in [1.54, 1.807) is 0 Å². The molecule has 0 aromatic heterocycles. The van der Waals surface area contributed by atoms with Crippen LogP contribution in [0.3, 0.4) is 0 Å². The zero-order valence-corrected chi connectivity index (χ0v) is 29.1. The highest BCUT2D eigenvalue weighted by molar-refractivity contribution is 5.92. The second-order valence-corrected chi connectivity index (χ2v) is 14.8. The van der Waals surface area contributed by atoms with Gasteiger partial charge in [-0.3, -0.25) is 4.90 Å². The number of benzene rings is 7. The Morgan fingerprint density at radius 1 is 0.442 bits per heavy atom. The van der Waals surface area contributed by atoms with Crippen LogP contribution in [0, 0.1) is 0 Å². The van der Waals surface area contributed by atoms with Gasteiger partial charge in [-0.15, -0.1) is 0 Å². The topological polar surface area (TPSA) is 21.7 Å². The van der Waals surface area contributed by atoms with Crippen LogP contribution < -0.4 is 9.47 Å². The van der Waals surface area contributed by atoms with Crippen LogP contribution in [-0.4, -0.2) is 11.4 Å². The third kappa shape index (κ3) is 3.79. The van der Waals surface area contributed by atoms with Crippen molar-refractivity contribution >= 4 is 0 Å². The van der Waals surface area contributed by atoms with Crippen LogP contribution >= 0.6 is 0 Å². The fourth-order valence-corrected chi connectivity index (χ4v) is 10.4. The number of hydrogen-bond donors (Lipinski definition) is 0. The van der Waals surface area contributed by atoms with Gasteiger partial charge in [0.15, 0.2) is 0 Å². The van der Waals surface area contributed by atoms with Crippen molar-refractivity contribution in [3.05, 3.63) is 214 Å². The minimum atomic E-state index is -0.710. The number of rotatable bonds is 3. The molecular weight excluding hydrogens is 635 g/mol. The Balaban J connectivity index is 1.31. The highest BCUT2D eigenvalue weighted by Gasteiger charge is 2.66. The molecule has 0 radical (unpaired) electrons. The summed E-state index contributed by atoms with van der Waals surface area (Å²) in [6.45, 7) is 5.07. The summed E-state index contributed by atoms with van der Waals surface area (Å²) in [5, 5.41) is 0. The van der Waals surface area contributed by atoms with Crippen LogP contribution in [0.5, 0.6) is 23.0 Å². The lowest BCUT2D eigenvalue weighted by molar-refractivity contribution is 0.246. The van der Waals surface area contributed by atoms with E-state index in [2.05, 4.69) is 176 Å². The lowest BCUT2D eigenvalue weighted by Gasteiger charge is -2.59. The molecule has 7 aromatic rings. The molecule has 0 amide bonds. The van der Waals surface area contributed by atoms with Crippen LogP contribution in [0.2, 0.25) is 0 Å². The van der Waals surface area contributed by atoms with E-state index in [1.165, 1.54) is 61.2 Å². The molecule has 2 spiro atoms. The molecule has 4 aliphatic rings. The maximum atomic E-state index is 6.87. The van der Waals surface area contributed by atoms with Crippen molar-refractivity contribution < 1.29 is 9.47 Å². The summed E-state index contributed by atoms with van der Waals surface area (Å²) in [5.41, 5.74) is 12.7. The van der Waals surface area contributed by atoms with Gasteiger partial charge in [-0.25, -0.2) is 0 Å². The lowest BCUT2D eigenvalue weighted by atomic mass is 9.42. The van der Waals surface area contributed by atoms with Gasteiger partial charge >= 0.3 is 0 Å². The van der Waals surface area contributed by atoms with Gasteiger partial charge in [0.05, 0.1) is 10.8 Å². The Morgan fingerprint density at radius 2 is 0.808 bits per heavy atom. The summed E-state index contributed by atoms with van der Waals surface area (Å²) in [6.07, 6.45) is 0. The number of ether oxygens (including phenoxy) is 2. The molecule has 250 valence electrons. The summed E-state index contributed by atoms with van der Waals surface area (Å²) in [4.78, 5) is 2.66. The molecule has 0 bridgehead atoms. The molecule has 3 nitrogen and oxygen atoms in total. The number of nitrogens with zero attached hydrogens (tertiary/aromatic N) is 1. The first-order chi connectivity index (χ1) is 25.7. The fraction of sp³-hybridized carbons (Fsp3) is 0.143. The van der Waals surface area contributed by atoms with Crippen molar-refractivity contribution in [1.82, 2.24) is 4.90 Å². The first kappa shape index (κ1) is 29.8. The summed E-state index contributed by atoms with van der Waals surface area (Å²) < 4.78 is 13.7. The molecule has 1 aliphatic carbocycles. The zero-order chi connectivity index (χ0) is 34.4. The number of hydrogen-bond acceptors (Lipinski definition) is 3. The van der Waals surface area contributed by atoms with E-state index in [9.17, 15) is 0 Å². The van der Waals surface area contributed by atoms with Crippen LogP contribution in [0.4, 0.5) is 0 Å². The molecular formula is C49H37NO2. The van der Waals surface area contributed by atoms with Gasteiger partial charge < -0.3 is 9.47 Å². The normalized spacial score (nSPS) is 16.9. The van der Waals surface area contributed by atoms with Crippen LogP contribution in [0.1, 0.15) is 62.9 Å². The van der Waals surface area contributed by atoms with Crippen LogP contribution in [-0.2, 0) is 23.9 Å².